The highest BCUT2D eigenvalue weighted by Gasteiger charge is 2.31. The number of esters is 1. The third kappa shape index (κ3) is 4.41. The lowest BCUT2D eigenvalue weighted by Gasteiger charge is -2.09. The molecule has 0 saturated heterocycles. The Labute approximate surface area is 123 Å². The second-order valence-corrected chi connectivity index (χ2v) is 4.37. The minimum absolute atomic E-state index is 0.206. The van der Waals surface area contributed by atoms with E-state index in [9.17, 15) is 22.8 Å². The molecule has 116 valence electrons. The van der Waals surface area contributed by atoms with Crippen molar-refractivity contribution in [1.82, 2.24) is 0 Å². The Morgan fingerprint density at radius 1 is 1.41 bits per heavy atom. The summed E-state index contributed by atoms with van der Waals surface area (Å²) in [4.78, 5) is 23.2. The largest absolute Gasteiger partial charge is 0.454 e. The van der Waals surface area contributed by atoms with Crippen molar-refractivity contribution in [1.29, 1.82) is 10.7 Å². The van der Waals surface area contributed by atoms with Crippen LogP contribution in [-0.4, -0.2) is 24.1 Å². The molecule has 1 aromatic rings. The average molecular weight is 312 g/mol. The van der Waals surface area contributed by atoms with E-state index in [0.29, 0.717) is 6.07 Å². The topological polar surface area (TPSA) is 91.0 Å². The van der Waals surface area contributed by atoms with E-state index in [1.807, 2.05) is 0 Å². The van der Waals surface area contributed by atoms with Crippen LogP contribution in [0.5, 0.6) is 0 Å². The lowest BCUT2D eigenvalue weighted by molar-refractivity contribution is -0.137. The normalized spacial score (nSPS) is 12.1. The van der Waals surface area contributed by atoms with E-state index in [1.165, 1.54) is 6.92 Å². The first-order chi connectivity index (χ1) is 10.2. The van der Waals surface area contributed by atoms with E-state index < -0.39 is 36.0 Å². The Morgan fingerprint density at radius 3 is 2.55 bits per heavy atom. The minimum Gasteiger partial charge on any atom is -0.454 e. The maximum Gasteiger partial charge on any atom is 0.416 e. The van der Waals surface area contributed by atoms with Crippen LogP contribution in [0.4, 0.5) is 13.2 Å². The molecule has 1 aromatic carbocycles. The molecule has 0 spiro atoms. The van der Waals surface area contributed by atoms with Crippen molar-refractivity contribution < 1.29 is 27.5 Å². The predicted octanol–water partition coefficient (Wildman–Crippen LogP) is 2.61. The first kappa shape index (κ1) is 17.4. The number of alkyl halides is 3. The monoisotopic (exact) mass is 312 g/mol. The van der Waals surface area contributed by atoms with Gasteiger partial charge in [0.05, 0.1) is 17.2 Å². The molecule has 22 heavy (non-hydrogen) atoms. The molecule has 5 nitrogen and oxygen atoms in total. The highest BCUT2D eigenvalue weighted by molar-refractivity contribution is 6.06. The first-order valence-corrected chi connectivity index (χ1v) is 5.98. The molecule has 0 aromatic heterocycles. The molecular formula is C14H11F3N2O3. The van der Waals surface area contributed by atoms with Crippen LogP contribution in [0.1, 0.15) is 22.8 Å². The summed E-state index contributed by atoms with van der Waals surface area (Å²) in [6.07, 6.45) is -4.60. The van der Waals surface area contributed by atoms with Gasteiger partial charge in [0.25, 0.3) is 0 Å². The number of carbonyl (C=O) groups excluding carboxylic acids is 2. The van der Waals surface area contributed by atoms with E-state index in [1.54, 1.807) is 6.07 Å². The zero-order valence-corrected chi connectivity index (χ0v) is 11.4. The van der Waals surface area contributed by atoms with Gasteiger partial charge in [-0.3, -0.25) is 4.79 Å². The van der Waals surface area contributed by atoms with Crippen molar-refractivity contribution >= 4 is 17.5 Å². The Bertz CT molecular complexity index is 647. The van der Waals surface area contributed by atoms with Gasteiger partial charge in [0.2, 0.25) is 0 Å². The quantitative estimate of drug-likeness (QED) is 0.668. The number of ether oxygens (including phenoxy) is 1. The average Bonchev–Trinajstić information content (AvgIpc) is 2.44. The number of halogens is 3. The molecule has 0 amide bonds. The molecule has 0 fully saturated rings. The van der Waals surface area contributed by atoms with Gasteiger partial charge in [-0.25, -0.2) is 4.79 Å². The molecule has 8 heteroatoms. The van der Waals surface area contributed by atoms with E-state index in [4.69, 9.17) is 10.7 Å². The molecule has 1 atom stereocenters. The number of carbonyl (C=O) groups is 2. The summed E-state index contributed by atoms with van der Waals surface area (Å²) in [5, 5.41) is 15.9. The third-order valence-corrected chi connectivity index (χ3v) is 2.66. The van der Waals surface area contributed by atoms with E-state index in [2.05, 4.69) is 4.74 Å². The number of nitriles is 1. The van der Waals surface area contributed by atoms with Crippen LogP contribution in [0.15, 0.2) is 24.3 Å². The SMILES string of the molecule is CC(=N)C(C#N)C(=O)COC(=O)c1cccc(C(F)(F)F)c1. The van der Waals surface area contributed by atoms with Gasteiger partial charge in [-0.2, -0.15) is 18.4 Å². The third-order valence-electron chi connectivity index (χ3n) is 2.66. The fraction of sp³-hybridized carbons (Fsp3) is 0.286. The Hall–Kier alpha value is -2.69. The van der Waals surface area contributed by atoms with Crippen LogP contribution < -0.4 is 0 Å². The van der Waals surface area contributed by atoms with Crippen LogP contribution in [0.25, 0.3) is 0 Å². The maximum atomic E-state index is 12.5. The lowest BCUT2D eigenvalue weighted by atomic mass is 10.0. The smallest absolute Gasteiger partial charge is 0.416 e. The van der Waals surface area contributed by atoms with Crippen molar-refractivity contribution in [3.8, 4) is 6.07 Å². The molecule has 1 unspecified atom stereocenters. The van der Waals surface area contributed by atoms with Crippen molar-refractivity contribution in [2.75, 3.05) is 6.61 Å². The van der Waals surface area contributed by atoms with Crippen LogP contribution >= 0.6 is 0 Å². The number of Topliss-reactive ketones (excluding diaryl/α,β-unsaturated/α-hetero) is 1. The van der Waals surface area contributed by atoms with Crippen LogP contribution in [-0.2, 0) is 15.7 Å². The van der Waals surface area contributed by atoms with Crippen molar-refractivity contribution in [3.05, 3.63) is 35.4 Å². The van der Waals surface area contributed by atoms with Crippen LogP contribution in [0.2, 0.25) is 0 Å². The second kappa shape index (κ2) is 6.85. The number of benzene rings is 1. The second-order valence-electron chi connectivity index (χ2n) is 4.37. The van der Waals surface area contributed by atoms with Crippen LogP contribution in [0.3, 0.4) is 0 Å². The Balaban J connectivity index is 2.77. The van der Waals surface area contributed by atoms with Gasteiger partial charge in [0, 0.05) is 5.71 Å². The zero-order valence-electron chi connectivity index (χ0n) is 11.4. The van der Waals surface area contributed by atoms with Gasteiger partial charge in [0.1, 0.15) is 5.92 Å². The number of nitrogens with zero attached hydrogens (tertiary/aromatic N) is 1. The molecule has 0 heterocycles. The maximum absolute atomic E-state index is 12.5. The summed E-state index contributed by atoms with van der Waals surface area (Å²) in [5.74, 6) is -3.26. The molecule has 0 saturated carbocycles. The standard InChI is InChI=1S/C14H11F3N2O3/c1-8(19)11(6-18)12(20)7-22-13(21)9-3-2-4-10(5-9)14(15,16)17/h2-5,11,19H,7H2,1H3. The number of hydrogen-bond donors (Lipinski definition) is 1. The highest BCUT2D eigenvalue weighted by atomic mass is 19.4. The lowest BCUT2D eigenvalue weighted by Crippen LogP contribution is -2.25. The number of rotatable bonds is 5. The Morgan fingerprint density at radius 2 is 2.05 bits per heavy atom. The number of hydrogen-bond acceptors (Lipinski definition) is 5. The minimum atomic E-state index is -4.60. The molecular weight excluding hydrogens is 301 g/mol. The Kier molecular flexibility index (Phi) is 5.40. The molecule has 1 N–H and O–H groups in total. The molecule has 0 aliphatic rings. The predicted molar refractivity (Wildman–Crippen MR) is 69.2 cm³/mol. The van der Waals surface area contributed by atoms with Gasteiger partial charge in [-0.05, 0) is 25.1 Å². The number of nitrogens with one attached hydrogen (secondary N) is 1. The summed E-state index contributed by atoms with van der Waals surface area (Å²) in [7, 11) is 0. The molecule has 0 bridgehead atoms. The summed E-state index contributed by atoms with van der Waals surface area (Å²) < 4.78 is 42.1. The summed E-state index contributed by atoms with van der Waals surface area (Å²) >= 11 is 0. The molecule has 1 rings (SSSR count). The summed E-state index contributed by atoms with van der Waals surface area (Å²) in [5.41, 5.74) is -1.58. The van der Waals surface area contributed by atoms with Crippen molar-refractivity contribution in [3.63, 3.8) is 0 Å². The van der Waals surface area contributed by atoms with Gasteiger partial charge >= 0.3 is 12.1 Å². The molecule has 0 aliphatic carbocycles. The van der Waals surface area contributed by atoms with Gasteiger partial charge in [0.15, 0.2) is 12.4 Å². The summed E-state index contributed by atoms with van der Waals surface area (Å²) in [6.45, 7) is 0.462. The van der Waals surface area contributed by atoms with E-state index in [0.717, 1.165) is 18.2 Å². The fourth-order valence-corrected chi connectivity index (χ4v) is 1.54. The number of ketones is 1. The highest BCUT2D eigenvalue weighted by Crippen LogP contribution is 2.29. The van der Waals surface area contributed by atoms with Crippen molar-refractivity contribution in [2.45, 2.75) is 13.1 Å². The van der Waals surface area contributed by atoms with Gasteiger partial charge in [-0.1, -0.05) is 6.07 Å². The molecule has 0 aliphatic heterocycles. The van der Waals surface area contributed by atoms with Crippen molar-refractivity contribution in [2.24, 2.45) is 5.92 Å². The van der Waals surface area contributed by atoms with Gasteiger partial charge < -0.3 is 10.1 Å². The first-order valence-electron chi connectivity index (χ1n) is 5.98. The van der Waals surface area contributed by atoms with E-state index in [-0.39, 0.29) is 11.3 Å². The fourth-order valence-electron chi connectivity index (χ4n) is 1.54. The van der Waals surface area contributed by atoms with E-state index >= 15 is 0 Å². The molecule has 0 radical (unpaired) electrons. The summed E-state index contributed by atoms with van der Waals surface area (Å²) in [6, 6.07) is 5.14. The zero-order chi connectivity index (χ0) is 16.9. The van der Waals surface area contributed by atoms with Crippen LogP contribution in [0, 0.1) is 22.7 Å². The van der Waals surface area contributed by atoms with Gasteiger partial charge in [-0.15, -0.1) is 0 Å².